The number of hydrogen-bond acceptors (Lipinski definition) is 5. The number of hydrogen-bond donors (Lipinski definition) is 4. The minimum atomic E-state index is -0.0292. The van der Waals surface area contributed by atoms with Crippen molar-refractivity contribution in [1.82, 2.24) is 26.1 Å². The molecule has 0 bridgehead atoms. The van der Waals surface area contributed by atoms with Gasteiger partial charge in [-0.1, -0.05) is 5.21 Å². The highest BCUT2D eigenvalue weighted by molar-refractivity contribution is 5.76. The van der Waals surface area contributed by atoms with E-state index in [1.54, 1.807) is 5.48 Å². The van der Waals surface area contributed by atoms with Crippen LogP contribution in [-0.2, 0) is 6.42 Å². The molecule has 0 radical (unpaired) electrons. The van der Waals surface area contributed by atoms with Gasteiger partial charge in [0.15, 0.2) is 5.82 Å². The lowest BCUT2D eigenvalue weighted by molar-refractivity contribution is 0.232. The van der Waals surface area contributed by atoms with Crippen LogP contribution in [0.15, 0.2) is 4.99 Å². The van der Waals surface area contributed by atoms with Gasteiger partial charge in [-0.25, -0.2) is 5.48 Å². The Kier molecular flexibility index (Phi) is 2.96. The van der Waals surface area contributed by atoms with E-state index in [1.165, 1.54) is 0 Å². The van der Waals surface area contributed by atoms with Crippen molar-refractivity contribution < 1.29 is 5.21 Å². The molecule has 0 atom stereocenters. The topological polar surface area (TPSA) is 125 Å². The number of nitrogens with zero attached hydrogens (tertiary/aromatic N) is 4. The first kappa shape index (κ1) is 8.40. The van der Waals surface area contributed by atoms with Gasteiger partial charge in [-0.3, -0.25) is 10.2 Å². The number of nitrogens with two attached hydrogens (primary N) is 1. The van der Waals surface area contributed by atoms with E-state index < -0.39 is 0 Å². The Hall–Kier alpha value is -1.70. The summed E-state index contributed by atoms with van der Waals surface area (Å²) in [5.74, 6) is 0.531. The number of aliphatic imine (C=N–C) groups is 1. The monoisotopic (exact) mass is 171 g/mol. The summed E-state index contributed by atoms with van der Waals surface area (Å²) in [6.07, 6.45) is 0.527. The molecule has 0 saturated carbocycles. The van der Waals surface area contributed by atoms with Crippen molar-refractivity contribution in [1.29, 1.82) is 0 Å². The second kappa shape index (κ2) is 4.23. The Bertz CT molecular complexity index is 242. The maximum atomic E-state index is 8.24. The van der Waals surface area contributed by atoms with Crippen LogP contribution in [0.4, 0.5) is 0 Å². The van der Waals surface area contributed by atoms with E-state index >= 15 is 0 Å². The molecule has 66 valence electrons. The number of rotatable bonds is 3. The maximum absolute atomic E-state index is 8.24. The normalized spacial score (nSPS) is 11.6. The van der Waals surface area contributed by atoms with Gasteiger partial charge in [0.1, 0.15) is 0 Å². The summed E-state index contributed by atoms with van der Waals surface area (Å²) < 4.78 is 0. The van der Waals surface area contributed by atoms with Crippen molar-refractivity contribution in [3.63, 3.8) is 0 Å². The first-order valence-corrected chi connectivity index (χ1v) is 3.25. The second-order valence-corrected chi connectivity index (χ2v) is 1.96. The molecular weight excluding hydrogens is 162 g/mol. The summed E-state index contributed by atoms with van der Waals surface area (Å²) in [7, 11) is 0. The predicted octanol–water partition coefficient (Wildman–Crippen LogP) is -1.96. The SMILES string of the molecule is NC(=NCCc1nn[nH]n1)NO. The second-order valence-electron chi connectivity index (χ2n) is 1.96. The molecule has 0 unspecified atom stereocenters. The van der Waals surface area contributed by atoms with Crippen molar-refractivity contribution >= 4 is 5.96 Å². The predicted molar refractivity (Wildman–Crippen MR) is 39.3 cm³/mol. The molecule has 12 heavy (non-hydrogen) atoms. The number of H-pyrrole nitrogens is 1. The van der Waals surface area contributed by atoms with Crippen LogP contribution in [0.3, 0.4) is 0 Å². The fraction of sp³-hybridized carbons (Fsp3) is 0.500. The molecule has 0 aromatic carbocycles. The fourth-order valence-corrected chi connectivity index (χ4v) is 0.600. The van der Waals surface area contributed by atoms with E-state index in [2.05, 4.69) is 25.6 Å². The Labute approximate surface area is 67.8 Å². The Balaban J connectivity index is 2.28. The molecule has 0 aliphatic rings. The van der Waals surface area contributed by atoms with Crippen LogP contribution >= 0.6 is 0 Å². The number of tetrazole rings is 1. The van der Waals surface area contributed by atoms with E-state index in [-0.39, 0.29) is 5.96 Å². The summed E-state index contributed by atoms with van der Waals surface area (Å²) >= 11 is 0. The molecule has 1 aromatic heterocycles. The highest BCUT2D eigenvalue weighted by Crippen LogP contribution is 1.85. The van der Waals surface area contributed by atoms with Crippen LogP contribution in [-0.4, -0.2) is 38.3 Å². The summed E-state index contributed by atoms with van der Waals surface area (Å²) in [5.41, 5.74) is 6.85. The summed E-state index contributed by atoms with van der Waals surface area (Å²) in [6.45, 7) is 0.402. The number of guanidine groups is 1. The van der Waals surface area contributed by atoms with Crippen molar-refractivity contribution in [2.75, 3.05) is 6.54 Å². The highest BCUT2D eigenvalue weighted by atomic mass is 16.5. The van der Waals surface area contributed by atoms with E-state index in [4.69, 9.17) is 10.9 Å². The quantitative estimate of drug-likeness (QED) is 0.237. The van der Waals surface area contributed by atoms with E-state index in [0.29, 0.717) is 18.8 Å². The highest BCUT2D eigenvalue weighted by Gasteiger charge is 1.95. The molecule has 1 rings (SSSR count). The first-order valence-electron chi connectivity index (χ1n) is 3.25. The first-order chi connectivity index (χ1) is 5.83. The zero-order chi connectivity index (χ0) is 8.81. The summed E-state index contributed by atoms with van der Waals surface area (Å²) in [4.78, 5) is 3.73. The third-order valence-corrected chi connectivity index (χ3v) is 1.12. The lowest BCUT2D eigenvalue weighted by atomic mass is 10.4. The van der Waals surface area contributed by atoms with Crippen LogP contribution in [0.2, 0.25) is 0 Å². The van der Waals surface area contributed by atoms with Crippen LogP contribution in [0.25, 0.3) is 0 Å². The van der Waals surface area contributed by atoms with E-state index in [9.17, 15) is 0 Å². The molecule has 0 amide bonds. The third kappa shape index (κ3) is 2.50. The van der Waals surface area contributed by atoms with Gasteiger partial charge in [0.05, 0.1) is 6.54 Å². The van der Waals surface area contributed by atoms with Gasteiger partial charge < -0.3 is 5.73 Å². The molecule has 0 fully saturated rings. The number of nitrogens with one attached hydrogen (secondary N) is 2. The average Bonchev–Trinajstić information content (AvgIpc) is 2.57. The van der Waals surface area contributed by atoms with Crippen molar-refractivity contribution in [3.05, 3.63) is 5.82 Å². The lowest BCUT2D eigenvalue weighted by Crippen LogP contribution is -2.28. The van der Waals surface area contributed by atoms with Gasteiger partial charge in [0.2, 0.25) is 5.96 Å². The summed E-state index contributed by atoms with van der Waals surface area (Å²) in [5, 5.41) is 21.3. The summed E-state index contributed by atoms with van der Waals surface area (Å²) in [6, 6.07) is 0. The largest absolute Gasteiger partial charge is 0.368 e. The van der Waals surface area contributed by atoms with Crippen LogP contribution in [0, 0.1) is 0 Å². The maximum Gasteiger partial charge on any atom is 0.212 e. The van der Waals surface area contributed by atoms with Gasteiger partial charge in [-0.05, 0) is 0 Å². The van der Waals surface area contributed by atoms with Gasteiger partial charge in [-0.15, -0.1) is 10.2 Å². The molecule has 0 aliphatic heterocycles. The standard InChI is InChI=1S/C4H9N7O/c5-4(9-12)6-2-1-3-7-10-11-8-3/h12H,1-2H2,(H3,5,6,9)(H,7,8,10,11). The van der Waals surface area contributed by atoms with Gasteiger partial charge in [0, 0.05) is 6.42 Å². The number of aromatic amines is 1. The van der Waals surface area contributed by atoms with Gasteiger partial charge >= 0.3 is 0 Å². The zero-order valence-corrected chi connectivity index (χ0v) is 6.23. The van der Waals surface area contributed by atoms with E-state index in [0.717, 1.165) is 0 Å². The number of aromatic nitrogens is 4. The molecule has 0 saturated heterocycles. The lowest BCUT2D eigenvalue weighted by Gasteiger charge is -1.94. The van der Waals surface area contributed by atoms with Crippen molar-refractivity contribution in [2.45, 2.75) is 6.42 Å². The molecule has 5 N–H and O–H groups in total. The van der Waals surface area contributed by atoms with E-state index in [1.807, 2.05) is 0 Å². The van der Waals surface area contributed by atoms with Gasteiger partial charge in [0.25, 0.3) is 0 Å². The third-order valence-electron chi connectivity index (χ3n) is 1.12. The number of hydroxylamine groups is 1. The molecule has 8 nitrogen and oxygen atoms in total. The van der Waals surface area contributed by atoms with Crippen LogP contribution in [0.5, 0.6) is 0 Å². The molecule has 8 heteroatoms. The van der Waals surface area contributed by atoms with Crippen LogP contribution < -0.4 is 11.2 Å². The zero-order valence-electron chi connectivity index (χ0n) is 6.23. The minimum absolute atomic E-state index is 0.0292. The molecular formula is C4H9N7O. The molecule has 1 aromatic rings. The smallest absolute Gasteiger partial charge is 0.212 e. The molecule has 0 aliphatic carbocycles. The molecule has 0 spiro atoms. The van der Waals surface area contributed by atoms with Crippen molar-refractivity contribution in [2.24, 2.45) is 10.7 Å². The Morgan fingerprint density at radius 2 is 2.58 bits per heavy atom. The Morgan fingerprint density at radius 1 is 1.75 bits per heavy atom. The minimum Gasteiger partial charge on any atom is -0.368 e. The Morgan fingerprint density at radius 3 is 3.17 bits per heavy atom. The average molecular weight is 171 g/mol. The van der Waals surface area contributed by atoms with Crippen LogP contribution in [0.1, 0.15) is 5.82 Å². The fourth-order valence-electron chi connectivity index (χ4n) is 0.600. The van der Waals surface area contributed by atoms with Gasteiger partial charge in [-0.2, -0.15) is 5.21 Å². The molecule has 1 heterocycles. The van der Waals surface area contributed by atoms with Crippen molar-refractivity contribution in [3.8, 4) is 0 Å².